The van der Waals surface area contributed by atoms with Crippen molar-refractivity contribution in [2.75, 3.05) is 5.32 Å². The van der Waals surface area contributed by atoms with Crippen LogP contribution in [-0.4, -0.2) is 20.0 Å². The van der Waals surface area contributed by atoms with Crippen molar-refractivity contribution in [3.05, 3.63) is 17.3 Å². The molecule has 1 N–H and O–H groups in total. The molecule has 9 heteroatoms. The van der Waals surface area contributed by atoms with Gasteiger partial charge in [0.25, 0.3) is 0 Å². The number of aromatic nitrogens is 4. The molecule has 5 nitrogen and oxygen atoms in total. The molecule has 0 amide bonds. The number of aryl methyl sites for hydroxylation is 1. The summed E-state index contributed by atoms with van der Waals surface area (Å²) in [5.74, 6) is 0.423. The highest BCUT2D eigenvalue weighted by atomic mass is 32.1. The van der Waals surface area contributed by atoms with Crippen LogP contribution in [0.15, 0.2) is 12.3 Å². The van der Waals surface area contributed by atoms with Crippen LogP contribution in [-0.2, 0) is 13.2 Å². The first-order valence-electron chi connectivity index (χ1n) is 4.12. The molecule has 0 atom stereocenters. The van der Waals surface area contributed by atoms with E-state index in [0.717, 1.165) is 0 Å². The Balaban J connectivity index is 2.14. The van der Waals surface area contributed by atoms with Crippen molar-refractivity contribution in [1.29, 1.82) is 0 Å². The summed E-state index contributed by atoms with van der Waals surface area (Å²) in [7, 11) is 1.70. The Morgan fingerprint density at radius 1 is 1.38 bits per heavy atom. The van der Waals surface area contributed by atoms with Crippen LogP contribution >= 0.6 is 11.3 Å². The second-order valence-corrected chi connectivity index (χ2v) is 3.89. The first-order valence-corrected chi connectivity index (χ1v) is 4.94. The van der Waals surface area contributed by atoms with Crippen molar-refractivity contribution >= 4 is 22.3 Å². The van der Waals surface area contributed by atoms with Gasteiger partial charge in [0.15, 0.2) is 5.82 Å². The fourth-order valence-electron chi connectivity index (χ4n) is 0.980. The van der Waals surface area contributed by atoms with Gasteiger partial charge in [0, 0.05) is 19.3 Å². The zero-order valence-electron chi connectivity index (χ0n) is 7.99. The van der Waals surface area contributed by atoms with E-state index in [1.807, 2.05) is 0 Å². The van der Waals surface area contributed by atoms with Crippen LogP contribution in [0.3, 0.4) is 0 Å². The molecule has 0 fully saturated rings. The number of hydrogen-bond donors (Lipinski definition) is 1. The van der Waals surface area contributed by atoms with E-state index in [4.69, 9.17) is 0 Å². The normalized spacial score (nSPS) is 11.8. The molecule has 2 aromatic rings. The molecule has 0 radical (unpaired) electrons. The van der Waals surface area contributed by atoms with Crippen LogP contribution in [0.25, 0.3) is 0 Å². The Labute approximate surface area is 91.9 Å². The third-order valence-electron chi connectivity index (χ3n) is 1.62. The van der Waals surface area contributed by atoms with E-state index in [9.17, 15) is 13.2 Å². The average Bonchev–Trinajstić information content (AvgIpc) is 2.74. The molecule has 0 saturated carbocycles. The SMILES string of the molecule is Cn1ccc(Nc2nnc(C(F)(F)F)s2)n1. The molecular weight excluding hydrogens is 243 g/mol. The Hall–Kier alpha value is -1.64. The molecule has 2 rings (SSSR count). The lowest BCUT2D eigenvalue weighted by atomic mass is 10.6. The van der Waals surface area contributed by atoms with E-state index in [1.54, 1.807) is 19.3 Å². The molecule has 2 aromatic heterocycles. The first-order chi connectivity index (χ1) is 7.45. The Kier molecular flexibility index (Phi) is 2.54. The van der Waals surface area contributed by atoms with Crippen molar-refractivity contribution in [1.82, 2.24) is 20.0 Å². The van der Waals surface area contributed by atoms with Crippen LogP contribution < -0.4 is 5.32 Å². The summed E-state index contributed by atoms with van der Waals surface area (Å²) in [5, 5.41) is 12.1. The van der Waals surface area contributed by atoms with Crippen molar-refractivity contribution in [2.24, 2.45) is 7.05 Å². The molecule has 0 unspecified atom stereocenters. The minimum Gasteiger partial charge on any atom is -0.313 e. The van der Waals surface area contributed by atoms with Gasteiger partial charge < -0.3 is 5.32 Å². The number of halogens is 3. The number of nitrogens with zero attached hydrogens (tertiary/aromatic N) is 4. The van der Waals surface area contributed by atoms with Gasteiger partial charge in [0.2, 0.25) is 10.1 Å². The van der Waals surface area contributed by atoms with Gasteiger partial charge in [-0.15, -0.1) is 10.2 Å². The summed E-state index contributed by atoms with van der Waals surface area (Å²) in [6, 6.07) is 1.62. The monoisotopic (exact) mass is 249 g/mol. The van der Waals surface area contributed by atoms with Gasteiger partial charge in [-0.1, -0.05) is 11.3 Å². The number of rotatable bonds is 2. The lowest BCUT2D eigenvalue weighted by Gasteiger charge is -1.97. The standard InChI is InChI=1S/C7H6F3N5S/c1-15-3-2-4(14-15)11-6-13-12-5(16-6)7(8,9)10/h2-3H,1H3,(H,11,13,14). The summed E-state index contributed by atoms with van der Waals surface area (Å²) in [5.41, 5.74) is 0. The van der Waals surface area contributed by atoms with Crippen LogP contribution in [0.5, 0.6) is 0 Å². The second kappa shape index (κ2) is 3.74. The third kappa shape index (κ3) is 2.30. The molecule has 0 saturated heterocycles. The summed E-state index contributed by atoms with van der Waals surface area (Å²) < 4.78 is 38.1. The van der Waals surface area contributed by atoms with Gasteiger partial charge in [0.1, 0.15) is 0 Å². The molecular formula is C7H6F3N5S. The summed E-state index contributed by atoms with van der Waals surface area (Å²) in [4.78, 5) is 0. The first kappa shape index (κ1) is 10.9. The van der Waals surface area contributed by atoms with Crippen LogP contribution in [0.2, 0.25) is 0 Å². The zero-order valence-corrected chi connectivity index (χ0v) is 8.80. The molecule has 2 heterocycles. The topological polar surface area (TPSA) is 55.6 Å². The van der Waals surface area contributed by atoms with Gasteiger partial charge in [-0.05, 0) is 0 Å². The maximum atomic E-state index is 12.2. The number of anilines is 2. The van der Waals surface area contributed by atoms with Gasteiger partial charge in [0.05, 0.1) is 0 Å². The molecule has 16 heavy (non-hydrogen) atoms. The van der Waals surface area contributed by atoms with Crippen molar-refractivity contribution in [2.45, 2.75) is 6.18 Å². The van der Waals surface area contributed by atoms with Crippen molar-refractivity contribution in [3.63, 3.8) is 0 Å². The van der Waals surface area contributed by atoms with Gasteiger partial charge >= 0.3 is 6.18 Å². The molecule has 0 aliphatic rings. The fraction of sp³-hybridized carbons (Fsp3) is 0.286. The predicted molar refractivity (Wildman–Crippen MR) is 51.4 cm³/mol. The van der Waals surface area contributed by atoms with Crippen LogP contribution in [0.1, 0.15) is 5.01 Å². The zero-order chi connectivity index (χ0) is 11.8. The summed E-state index contributed by atoms with van der Waals surface area (Å²) in [6.07, 6.45) is -2.80. The smallest absolute Gasteiger partial charge is 0.313 e. The largest absolute Gasteiger partial charge is 0.445 e. The lowest BCUT2D eigenvalue weighted by molar-refractivity contribution is -0.138. The van der Waals surface area contributed by atoms with Gasteiger partial charge in [-0.2, -0.15) is 18.3 Å². The lowest BCUT2D eigenvalue weighted by Crippen LogP contribution is -2.03. The minimum absolute atomic E-state index is 0.0611. The predicted octanol–water partition coefficient (Wildman–Crippen LogP) is 2.03. The molecule has 0 aromatic carbocycles. The summed E-state index contributed by atoms with van der Waals surface area (Å²) in [6.45, 7) is 0. The van der Waals surface area contributed by atoms with Gasteiger partial charge in [-0.3, -0.25) is 4.68 Å². The van der Waals surface area contributed by atoms with E-state index in [1.165, 1.54) is 4.68 Å². The van der Waals surface area contributed by atoms with E-state index >= 15 is 0 Å². The van der Waals surface area contributed by atoms with E-state index in [-0.39, 0.29) is 5.13 Å². The van der Waals surface area contributed by atoms with E-state index < -0.39 is 11.2 Å². The third-order valence-corrected chi connectivity index (χ3v) is 2.50. The minimum atomic E-state index is -4.46. The Morgan fingerprint density at radius 3 is 2.62 bits per heavy atom. The quantitative estimate of drug-likeness (QED) is 0.884. The van der Waals surface area contributed by atoms with E-state index in [2.05, 4.69) is 20.6 Å². The number of nitrogens with one attached hydrogen (secondary N) is 1. The maximum Gasteiger partial charge on any atom is 0.445 e. The van der Waals surface area contributed by atoms with E-state index in [0.29, 0.717) is 17.2 Å². The highest BCUT2D eigenvalue weighted by molar-refractivity contribution is 7.15. The molecule has 0 spiro atoms. The molecule has 0 bridgehead atoms. The highest BCUT2D eigenvalue weighted by Gasteiger charge is 2.35. The van der Waals surface area contributed by atoms with Crippen LogP contribution in [0.4, 0.5) is 24.1 Å². The number of hydrogen-bond acceptors (Lipinski definition) is 5. The van der Waals surface area contributed by atoms with Crippen LogP contribution in [0, 0.1) is 0 Å². The molecule has 0 aliphatic carbocycles. The number of alkyl halides is 3. The second-order valence-electron chi connectivity index (χ2n) is 2.91. The van der Waals surface area contributed by atoms with Crippen molar-refractivity contribution < 1.29 is 13.2 Å². The Morgan fingerprint density at radius 2 is 2.12 bits per heavy atom. The Bertz CT molecular complexity index is 488. The average molecular weight is 249 g/mol. The fourth-order valence-corrected chi connectivity index (χ4v) is 1.60. The van der Waals surface area contributed by atoms with Gasteiger partial charge in [-0.25, -0.2) is 0 Å². The summed E-state index contributed by atoms with van der Waals surface area (Å²) >= 11 is 0.436. The molecule has 86 valence electrons. The van der Waals surface area contributed by atoms with Crippen molar-refractivity contribution in [3.8, 4) is 0 Å². The maximum absolute atomic E-state index is 12.2. The highest BCUT2D eigenvalue weighted by Crippen LogP contribution is 2.33. The molecule has 0 aliphatic heterocycles.